The summed E-state index contributed by atoms with van der Waals surface area (Å²) in [6, 6.07) is 4.59. The number of ketones is 1. The summed E-state index contributed by atoms with van der Waals surface area (Å²) in [7, 11) is -3.38. The van der Waals surface area contributed by atoms with Gasteiger partial charge in [-0.3, -0.25) is 4.79 Å². The van der Waals surface area contributed by atoms with E-state index in [9.17, 15) is 31.0 Å². The fourth-order valence-electron chi connectivity index (χ4n) is 1.06. The summed E-state index contributed by atoms with van der Waals surface area (Å²) in [5, 5.41) is -4.99. The first-order valence-electron chi connectivity index (χ1n) is 4.55. The SMILES string of the molecule is Cc1ccc(S(=O)C(F)(F)C(=O)C(F)(F)F)cc1. The molecule has 0 saturated heterocycles. The van der Waals surface area contributed by atoms with Crippen LogP contribution in [0.1, 0.15) is 5.56 Å². The summed E-state index contributed by atoms with van der Waals surface area (Å²) in [5.74, 6) is -3.31. The molecule has 1 aromatic carbocycles. The number of carbonyl (C=O) groups excluding carboxylic acids is 1. The van der Waals surface area contributed by atoms with E-state index >= 15 is 0 Å². The van der Waals surface area contributed by atoms with Crippen molar-refractivity contribution in [3.63, 3.8) is 0 Å². The minimum atomic E-state index is -5.73. The van der Waals surface area contributed by atoms with Crippen molar-refractivity contribution in [2.24, 2.45) is 0 Å². The number of halogens is 5. The maximum absolute atomic E-state index is 13.1. The predicted molar refractivity (Wildman–Crippen MR) is 53.6 cm³/mol. The van der Waals surface area contributed by atoms with Gasteiger partial charge in [-0.2, -0.15) is 22.0 Å². The number of rotatable bonds is 3. The lowest BCUT2D eigenvalue weighted by Crippen LogP contribution is -2.43. The van der Waals surface area contributed by atoms with Crippen LogP contribution in [0.15, 0.2) is 29.2 Å². The highest BCUT2D eigenvalue weighted by atomic mass is 32.2. The number of hydrogen-bond donors (Lipinski definition) is 0. The smallest absolute Gasteiger partial charge is 0.281 e. The van der Waals surface area contributed by atoms with Crippen molar-refractivity contribution in [1.29, 1.82) is 0 Å². The lowest BCUT2D eigenvalue weighted by Gasteiger charge is -2.16. The Morgan fingerprint density at radius 1 is 1.06 bits per heavy atom. The van der Waals surface area contributed by atoms with Crippen LogP contribution in [0, 0.1) is 6.92 Å². The summed E-state index contributed by atoms with van der Waals surface area (Å²) in [5.41, 5.74) is 0.654. The zero-order chi connectivity index (χ0) is 14.1. The van der Waals surface area contributed by atoms with Gasteiger partial charge < -0.3 is 0 Å². The van der Waals surface area contributed by atoms with Crippen molar-refractivity contribution in [2.75, 3.05) is 0 Å². The third-order valence-corrected chi connectivity index (χ3v) is 3.34. The Kier molecular flexibility index (Phi) is 3.89. The molecule has 0 heterocycles. The maximum atomic E-state index is 13.1. The van der Waals surface area contributed by atoms with Crippen LogP contribution in [0.3, 0.4) is 0 Å². The average Bonchev–Trinajstić information content (AvgIpc) is 2.27. The number of hydrogen-bond acceptors (Lipinski definition) is 2. The Bertz CT molecular complexity index is 478. The molecule has 0 spiro atoms. The van der Waals surface area contributed by atoms with Crippen LogP contribution in [0.4, 0.5) is 22.0 Å². The van der Waals surface area contributed by atoms with Crippen LogP contribution in [0.5, 0.6) is 0 Å². The van der Waals surface area contributed by atoms with Crippen LogP contribution >= 0.6 is 0 Å². The number of aryl methyl sites for hydroxylation is 1. The zero-order valence-electron chi connectivity index (χ0n) is 8.92. The van der Waals surface area contributed by atoms with E-state index in [2.05, 4.69) is 0 Å². The molecule has 0 aromatic heterocycles. The van der Waals surface area contributed by atoms with Crippen LogP contribution in [-0.2, 0) is 15.6 Å². The largest absolute Gasteiger partial charge is 0.457 e. The van der Waals surface area contributed by atoms with Gasteiger partial charge in [0.15, 0.2) is 0 Å². The highest BCUT2D eigenvalue weighted by Gasteiger charge is 2.59. The van der Waals surface area contributed by atoms with E-state index < -0.39 is 32.9 Å². The van der Waals surface area contributed by atoms with Gasteiger partial charge in [0.1, 0.15) is 10.8 Å². The monoisotopic (exact) mass is 286 g/mol. The molecular weight excluding hydrogens is 279 g/mol. The Morgan fingerprint density at radius 2 is 1.50 bits per heavy atom. The fraction of sp³-hybridized carbons (Fsp3) is 0.300. The first kappa shape index (κ1) is 14.7. The molecule has 8 heteroatoms. The Hall–Kier alpha value is -1.31. The lowest BCUT2D eigenvalue weighted by atomic mass is 10.2. The minimum absolute atomic E-state index is 0.539. The quantitative estimate of drug-likeness (QED) is 0.801. The molecule has 0 saturated carbocycles. The number of Topliss-reactive ketones (excluding diaryl/α,β-unsaturated/α-hetero) is 1. The van der Waals surface area contributed by atoms with Gasteiger partial charge in [0, 0.05) is 4.90 Å². The molecule has 0 radical (unpaired) electrons. The average molecular weight is 286 g/mol. The van der Waals surface area contributed by atoms with Crippen molar-refractivity contribution >= 4 is 16.6 Å². The molecule has 1 atom stereocenters. The molecule has 0 N–H and O–H groups in total. The molecule has 0 amide bonds. The standard InChI is InChI=1S/C10H7F5O2S/c1-6-2-4-7(5-3-6)18(17)10(14,15)8(16)9(11,12)13/h2-5H,1H3. The first-order chi connectivity index (χ1) is 8.06. The lowest BCUT2D eigenvalue weighted by molar-refractivity contribution is -0.185. The summed E-state index contributed by atoms with van der Waals surface area (Å²) in [6.45, 7) is 1.62. The van der Waals surface area contributed by atoms with Crippen LogP contribution in [0.25, 0.3) is 0 Å². The molecule has 0 aliphatic rings. The summed E-state index contributed by atoms with van der Waals surface area (Å²) in [4.78, 5) is 9.96. The van der Waals surface area contributed by atoms with Gasteiger partial charge in [0.25, 0.3) is 0 Å². The molecule has 18 heavy (non-hydrogen) atoms. The van der Waals surface area contributed by atoms with Gasteiger partial charge in [-0.05, 0) is 19.1 Å². The molecule has 1 unspecified atom stereocenters. The minimum Gasteiger partial charge on any atom is -0.281 e. The second-order valence-corrected chi connectivity index (χ2v) is 4.95. The van der Waals surface area contributed by atoms with Gasteiger partial charge in [0.2, 0.25) is 0 Å². The normalized spacial score (nSPS) is 14.3. The van der Waals surface area contributed by atoms with E-state index in [0.29, 0.717) is 5.56 Å². The van der Waals surface area contributed by atoms with E-state index in [1.54, 1.807) is 6.92 Å². The van der Waals surface area contributed by atoms with Crippen molar-refractivity contribution in [3.05, 3.63) is 29.8 Å². The summed E-state index contributed by atoms with van der Waals surface area (Å²) >= 11 is 0. The summed E-state index contributed by atoms with van der Waals surface area (Å²) in [6.07, 6.45) is -5.73. The Labute approximate surface area is 101 Å². The van der Waals surface area contributed by atoms with E-state index in [1.165, 1.54) is 12.1 Å². The van der Waals surface area contributed by atoms with Gasteiger partial charge in [-0.1, -0.05) is 17.7 Å². The maximum Gasteiger partial charge on any atom is 0.457 e. The van der Waals surface area contributed by atoms with Gasteiger partial charge in [-0.25, -0.2) is 4.21 Å². The molecule has 0 bridgehead atoms. The third kappa shape index (κ3) is 2.92. The predicted octanol–water partition coefficient (Wildman–Crippen LogP) is 2.83. The number of carbonyl (C=O) groups is 1. The van der Waals surface area contributed by atoms with E-state index in [4.69, 9.17) is 0 Å². The van der Waals surface area contributed by atoms with Crippen molar-refractivity contribution in [2.45, 2.75) is 23.3 Å². The molecule has 1 aromatic rings. The van der Waals surface area contributed by atoms with E-state index in [-0.39, 0.29) is 0 Å². The van der Waals surface area contributed by atoms with Crippen molar-refractivity contribution in [3.8, 4) is 0 Å². The van der Waals surface area contributed by atoms with E-state index in [0.717, 1.165) is 12.1 Å². The third-order valence-electron chi connectivity index (χ3n) is 1.99. The number of alkyl halides is 5. The van der Waals surface area contributed by atoms with Crippen LogP contribution in [-0.4, -0.2) is 21.4 Å². The first-order valence-corrected chi connectivity index (χ1v) is 5.70. The van der Waals surface area contributed by atoms with Gasteiger partial charge >= 0.3 is 17.2 Å². The fourth-order valence-corrected chi connectivity index (χ4v) is 2.02. The molecule has 0 fully saturated rings. The molecule has 0 aliphatic carbocycles. The molecule has 0 aliphatic heterocycles. The second kappa shape index (κ2) is 4.75. The Balaban J connectivity index is 3.09. The van der Waals surface area contributed by atoms with Crippen molar-refractivity contribution < 1.29 is 31.0 Å². The van der Waals surface area contributed by atoms with Gasteiger partial charge in [-0.15, -0.1) is 0 Å². The zero-order valence-corrected chi connectivity index (χ0v) is 9.74. The molecule has 100 valence electrons. The topological polar surface area (TPSA) is 34.1 Å². The highest BCUT2D eigenvalue weighted by Crippen LogP contribution is 2.33. The Morgan fingerprint density at radius 3 is 1.89 bits per heavy atom. The molecular formula is C10H7F5O2S. The van der Waals surface area contributed by atoms with Crippen LogP contribution in [0.2, 0.25) is 0 Å². The summed E-state index contributed by atoms with van der Waals surface area (Å²) < 4.78 is 73.3. The van der Waals surface area contributed by atoms with Crippen LogP contribution < -0.4 is 0 Å². The second-order valence-electron chi connectivity index (χ2n) is 3.43. The number of benzene rings is 1. The van der Waals surface area contributed by atoms with Gasteiger partial charge in [0.05, 0.1) is 0 Å². The van der Waals surface area contributed by atoms with Crippen molar-refractivity contribution in [1.82, 2.24) is 0 Å². The van der Waals surface area contributed by atoms with E-state index in [1.807, 2.05) is 0 Å². The molecule has 2 nitrogen and oxygen atoms in total. The molecule has 1 rings (SSSR count). The highest BCUT2D eigenvalue weighted by molar-refractivity contribution is 7.87.